The quantitative estimate of drug-likeness (QED) is 0.533. The maximum absolute atomic E-state index is 13.3. The summed E-state index contributed by atoms with van der Waals surface area (Å²) in [6, 6.07) is 17.9. The molecular formula is C25H26N2O5S2. The van der Waals surface area contributed by atoms with E-state index in [1.54, 1.807) is 65.6 Å². The van der Waals surface area contributed by atoms with Gasteiger partial charge in [-0.15, -0.1) is 0 Å². The molecule has 1 amide bonds. The fourth-order valence-corrected chi connectivity index (χ4v) is 5.86. The average Bonchev–Trinajstić information content (AvgIpc) is 2.82. The second kappa shape index (κ2) is 8.88. The molecule has 1 aliphatic heterocycles. The highest BCUT2D eigenvalue weighted by Crippen LogP contribution is 2.31. The van der Waals surface area contributed by atoms with Crippen LogP contribution in [0.3, 0.4) is 0 Å². The highest BCUT2D eigenvalue weighted by Gasteiger charge is 2.26. The number of hydrogen-bond acceptors (Lipinski definition) is 5. The Balaban J connectivity index is 1.58. The minimum atomic E-state index is -3.73. The summed E-state index contributed by atoms with van der Waals surface area (Å²) < 4.78 is 50.9. The number of amides is 1. The van der Waals surface area contributed by atoms with Crippen molar-refractivity contribution in [1.29, 1.82) is 0 Å². The van der Waals surface area contributed by atoms with E-state index in [-0.39, 0.29) is 15.7 Å². The second-order valence-corrected chi connectivity index (χ2v) is 12.4. The molecule has 4 rings (SSSR count). The van der Waals surface area contributed by atoms with E-state index < -0.39 is 19.9 Å². The van der Waals surface area contributed by atoms with Gasteiger partial charge in [0.05, 0.1) is 15.5 Å². The lowest BCUT2D eigenvalue weighted by atomic mass is 10.0. The molecule has 7 nitrogen and oxygen atoms in total. The first-order chi connectivity index (χ1) is 16.0. The number of hydrogen-bond donors (Lipinski definition) is 0. The number of nitrogens with zero attached hydrogens (tertiary/aromatic N) is 2. The average molecular weight is 499 g/mol. The molecule has 0 fully saturated rings. The third kappa shape index (κ3) is 4.58. The van der Waals surface area contributed by atoms with E-state index in [0.717, 1.165) is 23.8 Å². The Labute approximate surface area is 200 Å². The van der Waals surface area contributed by atoms with Gasteiger partial charge in [-0.1, -0.05) is 17.7 Å². The Kier molecular flexibility index (Phi) is 6.26. The van der Waals surface area contributed by atoms with Crippen molar-refractivity contribution in [2.75, 3.05) is 29.1 Å². The van der Waals surface area contributed by atoms with Crippen LogP contribution >= 0.6 is 0 Å². The van der Waals surface area contributed by atoms with E-state index in [9.17, 15) is 21.6 Å². The van der Waals surface area contributed by atoms with Gasteiger partial charge in [-0.2, -0.15) is 0 Å². The van der Waals surface area contributed by atoms with Gasteiger partial charge in [0.2, 0.25) is 0 Å². The van der Waals surface area contributed by atoms with Crippen molar-refractivity contribution in [2.45, 2.75) is 29.6 Å². The summed E-state index contributed by atoms with van der Waals surface area (Å²) in [5, 5.41) is 0. The lowest BCUT2D eigenvalue weighted by Crippen LogP contribution is -2.35. The standard InChI is InChI=1S/C25H26N2O5S2/c1-18-6-12-22(13-7-18)34(31,32)26(2)21-10-8-19(9-11-21)25(28)27-16-4-5-20-17-23(33(3,29)30)14-15-24(20)27/h6-15,17H,4-5,16H2,1-3H3. The van der Waals surface area contributed by atoms with Gasteiger partial charge in [0.25, 0.3) is 15.9 Å². The number of carbonyl (C=O) groups excluding carboxylic acids is 1. The van der Waals surface area contributed by atoms with Crippen LogP contribution in [0.2, 0.25) is 0 Å². The molecule has 1 aliphatic rings. The topological polar surface area (TPSA) is 91.8 Å². The molecule has 0 radical (unpaired) electrons. The fourth-order valence-electron chi connectivity index (χ4n) is 3.99. The molecule has 9 heteroatoms. The summed E-state index contributed by atoms with van der Waals surface area (Å²) >= 11 is 0. The summed E-state index contributed by atoms with van der Waals surface area (Å²) in [6.07, 6.45) is 2.59. The van der Waals surface area contributed by atoms with Crippen molar-refractivity contribution in [3.05, 3.63) is 83.4 Å². The molecule has 178 valence electrons. The van der Waals surface area contributed by atoms with Crippen molar-refractivity contribution in [3.8, 4) is 0 Å². The summed E-state index contributed by atoms with van der Waals surface area (Å²) in [5.74, 6) is -0.219. The van der Waals surface area contributed by atoms with Gasteiger partial charge in [0.15, 0.2) is 9.84 Å². The molecule has 0 saturated carbocycles. The van der Waals surface area contributed by atoms with Crippen LogP contribution in [0.25, 0.3) is 0 Å². The largest absolute Gasteiger partial charge is 0.308 e. The lowest BCUT2D eigenvalue weighted by molar-refractivity contribution is 0.0985. The number of aryl methyl sites for hydroxylation is 2. The van der Waals surface area contributed by atoms with Crippen LogP contribution < -0.4 is 9.21 Å². The fraction of sp³-hybridized carbons (Fsp3) is 0.240. The molecule has 0 spiro atoms. The van der Waals surface area contributed by atoms with Crippen molar-refractivity contribution >= 4 is 37.1 Å². The van der Waals surface area contributed by atoms with Crippen LogP contribution in [-0.2, 0) is 26.3 Å². The smallest absolute Gasteiger partial charge is 0.264 e. The monoisotopic (exact) mass is 498 g/mol. The summed E-state index contributed by atoms with van der Waals surface area (Å²) in [5.41, 5.74) is 3.35. The predicted octanol–water partition coefficient (Wildman–Crippen LogP) is 3.82. The van der Waals surface area contributed by atoms with Crippen LogP contribution in [-0.4, -0.2) is 42.6 Å². The van der Waals surface area contributed by atoms with E-state index in [1.807, 2.05) is 6.92 Å². The number of anilines is 2. The van der Waals surface area contributed by atoms with Crippen LogP contribution in [0.1, 0.15) is 27.9 Å². The van der Waals surface area contributed by atoms with Crippen LogP contribution in [0.5, 0.6) is 0 Å². The molecule has 0 saturated heterocycles. The van der Waals surface area contributed by atoms with Gasteiger partial charge < -0.3 is 4.90 Å². The minimum absolute atomic E-state index is 0.194. The molecule has 34 heavy (non-hydrogen) atoms. The van der Waals surface area contributed by atoms with E-state index >= 15 is 0 Å². The van der Waals surface area contributed by atoms with Gasteiger partial charge in [-0.25, -0.2) is 16.8 Å². The van der Waals surface area contributed by atoms with Gasteiger partial charge in [0.1, 0.15) is 0 Å². The van der Waals surface area contributed by atoms with Crippen LogP contribution in [0.15, 0.2) is 76.5 Å². The van der Waals surface area contributed by atoms with Gasteiger partial charge >= 0.3 is 0 Å². The molecule has 0 aromatic heterocycles. The normalized spacial score (nSPS) is 13.9. The van der Waals surface area contributed by atoms with E-state index in [1.165, 1.54) is 17.4 Å². The number of benzene rings is 3. The zero-order valence-electron chi connectivity index (χ0n) is 19.2. The SMILES string of the molecule is Cc1ccc(S(=O)(=O)N(C)c2ccc(C(=O)N3CCCc4cc(S(C)(=O)=O)ccc43)cc2)cc1. The maximum atomic E-state index is 13.3. The highest BCUT2D eigenvalue weighted by molar-refractivity contribution is 7.92. The van der Waals surface area contributed by atoms with Crippen molar-refractivity contribution in [1.82, 2.24) is 0 Å². The van der Waals surface area contributed by atoms with Gasteiger partial charge in [0, 0.05) is 31.1 Å². The van der Waals surface area contributed by atoms with Crippen LogP contribution in [0, 0.1) is 6.92 Å². The molecular weight excluding hydrogens is 472 g/mol. The number of sulfonamides is 1. The second-order valence-electron chi connectivity index (χ2n) is 8.46. The Morgan fingerprint density at radius 3 is 2.12 bits per heavy atom. The third-order valence-electron chi connectivity index (χ3n) is 6.00. The van der Waals surface area contributed by atoms with Gasteiger partial charge in [-0.05, 0) is 79.9 Å². The first-order valence-corrected chi connectivity index (χ1v) is 14.1. The molecule has 3 aromatic carbocycles. The Hall–Kier alpha value is -3.17. The van der Waals surface area contributed by atoms with E-state index in [4.69, 9.17) is 0 Å². The highest BCUT2D eigenvalue weighted by atomic mass is 32.2. The zero-order chi connectivity index (χ0) is 24.7. The summed E-state index contributed by atoms with van der Waals surface area (Å²) in [7, 11) is -5.58. The first kappa shape index (κ1) is 24.0. The molecule has 0 bridgehead atoms. The lowest BCUT2D eigenvalue weighted by Gasteiger charge is -2.30. The first-order valence-electron chi connectivity index (χ1n) is 10.8. The van der Waals surface area contributed by atoms with E-state index in [2.05, 4.69) is 0 Å². The molecule has 0 aliphatic carbocycles. The summed E-state index contributed by atoms with van der Waals surface area (Å²) in [6.45, 7) is 2.41. The Bertz CT molecular complexity index is 1450. The van der Waals surface area contributed by atoms with Crippen molar-refractivity contribution in [2.24, 2.45) is 0 Å². The predicted molar refractivity (Wildman–Crippen MR) is 133 cm³/mol. The molecule has 1 heterocycles. The van der Waals surface area contributed by atoms with Gasteiger partial charge in [-0.3, -0.25) is 9.10 Å². The van der Waals surface area contributed by atoms with Crippen molar-refractivity contribution in [3.63, 3.8) is 0 Å². The number of sulfone groups is 1. The van der Waals surface area contributed by atoms with Crippen LogP contribution in [0.4, 0.5) is 11.4 Å². The zero-order valence-corrected chi connectivity index (χ0v) is 20.9. The maximum Gasteiger partial charge on any atom is 0.264 e. The molecule has 0 N–H and O–H groups in total. The van der Waals surface area contributed by atoms with E-state index in [0.29, 0.717) is 29.9 Å². The number of rotatable bonds is 5. The molecule has 3 aromatic rings. The third-order valence-corrected chi connectivity index (χ3v) is 8.91. The minimum Gasteiger partial charge on any atom is -0.308 e. The summed E-state index contributed by atoms with van der Waals surface area (Å²) in [4.78, 5) is 15.3. The molecule has 0 unspecified atom stereocenters. The number of carbonyl (C=O) groups is 1. The Morgan fingerprint density at radius 2 is 1.50 bits per heavy atom. The Morgan fingerprint density at radius 1 is 0.882 bits per heavy atom. The number of fused-ring (bicyclic) bond motifs is 1. The molecule has 0 atom stereocenters. The van der Waals surface area contributed by atoms with Crippen molar-refractivity contribution < 1.29 is 21.6 Å².